The van der Waals surface area contributed by atoms with Crippen molar-refractivity contribution in [2.45, 2.75) is 80.8 Å². The predicted octanol–water partition coefficient (Wildman–Crippen LogP) is 4.00. The van der Waals surface area contributed by atoms with Crippen molar-refractivity contribution in [1.82, 2.24) is 10.2 Å². The fourth-order valence-electron chi connectivity index (χ4n) is 4.49. The number of carbonyl (C=O) groups excluding carboxylic acids is 1. The van der Waals surface area contributed by atoms with Gasteiger partial charge < -0.3 is 15.0 Å². The van der Waals surface area contributed by atoms with E-state index >= 15 is 0 Å². The molecule has 2 unspecified atom stereocenters. The molecule has 0 aliphatic carbocycles. The molecule has 2 fully saturated rings. The Bertz CT molecular complexity index is 697. The Balaban J connectivity index is 2.00. The number of amidine groups is 1. The van der Waals surface area contributed by atoms with Gasteiger partial charge in [0.1, 0.15) is 5.84 Å². The van der Waals surface area contributed by atoms with Gasteiger partial charge in [0.05, 0.1) is 31.2 Å². The second-order valence-corrected chi connectivity index (χ2v) is 11.8. The highest BCUT2D eigenvalue weighted by molar-refractivity contribution is 5.91. The summed E-state index contributed by atoms with van der Waals surface area (Å²) in [5.41, 5.74) is 2.83. The fourth-order valence-corrected chi connectivity index (χ4v) is 4.49. The quantitative estimate of drug-likeness (QED) is 0.777. The molecule has 28 heavy (non-hydrogen) atoms. The number of ether oxygens (including phenoxy) is 1. The van der Waals surface area contributed by atoms with Crippen LogP contribution in [0.15, 0.2) is 16.3 Å². The Kier molecular flexibility index (Phi) is 5.23. The van der Waals surface area contributed by atoms with E-state index in [2.05, 4.69) is 72.5 Å². The van der Waals surface area contributed by atoms with Crippen LogP contribution in [0.1, 0.15) is 68.7 Å². The van der Waals surface area contributed by atoms with Gasteiger partial charge in [-0.05, 0) is 16.4 Å². The molecule has 1 N–H and O–H groups in total. The maximum Gasteiger partial charge on any atom is 0.228 e. The van der Waals surface area contributed by atoms with Gasteiger partial charge in [-0.3, -0.25) is 9.79 Å². The highest BCUT2D eigenvalue weighted by atomic mass is 16.5. The Morgan fingerprint density at radius 3 is 2.07 bits per heavy atom. The molecule has 5 heteroatoms. The fraction of sp³-hybridized carbons (Fsp3) is 0.826. The van der Waals surface area contributed by atoms with Crippen LogP contribution in [0.4, 0.5) is 0 Å². The third-order valence-corrected chi connectivity index (χ3v) is 5.91. The monoisotopic (exact) mass is 389 g/mol. The van der Waals surface area contributed by atoms with E-state index in [1.54, 1.807) is 0 Å². The Labute approximate surface area is 171 Å². The van der Waals surface area contributed by atoms with Crippen molar-refractivity contribution in [3.05, 3.63) is 11.3 Å². The van der Waals surface area contributed by atoms with E-state index < -0.39 is 0 Å². The minimum Gasteiger partial charge on any atom is -0.380 e. The lowest BCUT2D eigenvalue weighted by molar-refractivity contribution is -0.139. The number of nitrogens with one attached hydrogen (secondary N) is 1. The average molecular weight is 390 g/mol. The van der Waals surface area contributed by atoms with Crippen LogP contribution in [0.25, 0.3) is 0 Å². The van der Waals surface area contributed by atoms with Gasteiger partial charge in [-0.15, -0.1) is 0 Å². The van der Waals surface area contributed by atoms with Gasteiger partial charge in [-0.2, -0.15) is 0 Å². The summed E-state index contributed by atoms with van der Waals surface area (Å²) in [5.74, 6) is 1.31. The van der Waals surface area contributed by atoms with E-state index in [-0.39, 0.29) is 40.2 Å². The van der Waals surface area contributed by atoms with Gasteiger partial charge in [0.25, 0.3) is 0 Å². The van der Waals surface area contributed by atoms with E-state index in [9.17, 15) is 4.79 Å². The lowest BCUT2D eigenvalue weighted by Crippen LogP contribution is -2.49. The number of carbonyl (C=O) groups is 1. The van der Waals surface area contributed by atoms with Crippen LogP contribution in [0.5, 0.6) is 0 Å². The van der Waals surface area contributed by atoms with Crippen LogP contribution in [-0.4, -0.2) is 48.5 Å². The molecule has 0 aromatic carbocycles. The van der Waals surface area contributed by atoms with Crippen molar-refractivity contribution in [2.24, 2.45) is 27.2 Å². The molecule has 2 saturated heterocycles. The summed E-state index contributed by atoms with van der Waals surface area (Å²) < 4.78 is 5.19. The minimum absolute atomic E-state index is 0.0202. The van der Waals surface area contributed by atoms with Crippen LogP contribution in [0, 0.1) is 22.2 Å². The number of nitrogens with zero attached hydrogens (tertiary/aromatic N) is 2. The van der Waals surface area contributed by atoms with Crippen molar-refractivity contribution in [3.8, 4) is 0 Å². The topological polar surface area (TPSA) is 53.9 Å². The lowest BCUT2D eigenvalue weighted by atomic mass is 9.70. The second kappa shape index (κ2) is 6.86. The minimum atomic E-state index is -0.0428. The predicted molar refractivity (Wildman–Crippen MR) is 114 cm³/mol. The molecule has 0 bridgehead atoms. The first kappa shape index (κ1) is 21.4. The van der Waals surface area contributed by atoms with E-state index in [1.165, 1.54) is 11.3 Å². The van der Waals surface area contributed by atoms with Crippen LogP contribution < -0.4 is 5.32 Å². The molecular weight excluding hydrogens is 350 g/mol. The molecule has 2 atom stereocenters. The molecule has 0 aromatic heterocycles. The highest BCUT2D eigenvalue weighted by Crippen LogP contribution is 2.47. The first-order valence-electron chi connectivity index (χ1n) is 10.7. The number of hydrogen-bond donors (Lipinski definition) is 1. The van der Waals surface area contributed by atoms with Gasteiger partial charge in [0, 0.05) is 24.1 Å². The Morgan fingerprint density at radius 2 is 1.64 bits per heavy atom. The molecular formula is C23H39N3O2. The van der Waals surface area contributed by atoms with Crippen LogP contribution in [0.2, 0.25) is 0 Å². The zero-order valence-corrected chi connectivity index (χ0v) is 19.3. The zero-order chi connectivity index (χ0) is 21.1. The molecule has 5 nitrogen and oxygen atoms in total. The van der Waals surface area contributed by atoms with Gasteiger partial charge in [-0.1, -0.05) is 62.3 Å². The Morgan fingerprint density at radius 1 is 1.04 bits per heavy atom. The summed E-state index contributed by atoms with van der Waals surface area (Å²) in [6, 6.07) is 0.286. The normalized spacial score (nSPS) is 26.8. The largest absolute Gasteiger partial charge is 0.380 e. The van der Waals surface area contributed by atoms with Gasteiger partial charge in [0.15, 0.2) is 0 Å². The summed E-state index contributed by atoms with van der Waals surface area (Å²) in [7, 11) is 0. The lowest BCUT2D eigenvalue weighted by Gasteiger charge is -2.45. The summed E-state index contributed by atoms with van der Waals surface area (Å²) in [5, 5.41) is 3.28. The zero-order valence-electron chi connectivity index (χ0n) is 19.3. The molecule has 158 valence electrons. The van der Waals surface area contributed by atoms with Crippen molar-refractivity contribution in [2.75, 3.05) is 19.8 Å². The molecule has 0 spiro atoms. The van der Waals surface area contributed by atoms with Crippen LogP contribution in [0.3, 0.4) is 0 Å². The van der Waals surface area contributed by atoms with Crippen molar-refractivity contribution < 1.29 is 9.53 Å². The van der Waals surface area contributed by atoms with Crippen LogP contribution in [-0.2, 0) is 9.53 Å². The number of fused-ring (bicyclic) bond motifs is 1. The molecule has 0 saturated carbocycles. The van der Waals surface area contributed by atoms with Crippen molar-refractivity contribution in [3.63, 3.8) is 0 Å². The molecule has 3 heterocycles. The number of hydrogen-bond acceptors (Lipinski definition) is 4. The summed E-state index contributed by atoms with van der Waals surface area (Å²) in [6.45, 7) is 22.4. The van der Waals surface area contributed by atoms with E-state index in [0.29, 0.717) is 13.2 Å². The first-order chi connectivity index (χ1) is 12.7. The summed E-state index contributed by atoms with van der Waals surface area (Å²) in [4.78, 5) is 20.3. The number of amides is 1. The van der Waals surface area contributed by atoms with Gasteiger partial charge >= 0.3 is 0 Å². The molecule has 3 rings (SSSR count). The molecule has 0 aromatic rings. The Hall–Kier alpha value is -1.36. The van der Waals surface area contributed by atoms with Crippen molar-refractivity contribution >= 4 is 11.7 Å². The first-order valence-corrected chi connectivity index (χ1v) is 10.7. The average Bonchev–Trinajstić information content (AvgIpc) is 2.82. The molecule has 3 aliphatic heterocycles. The van der Waals surface area contributed by atoms with Gasteiger partial charge in [-0.25, -0.2) is 0 Å². The SMILES string of the molecule is CC(C)(C)C1=NC(C(C)(C)C)C(C(C)(C)C)=C2CC(NC(=O)C3COC3)CN12. The van der Waals surface area contributed by atoms with E-state index in [4.69, 9.17) is 9.73 Å². The van der Waals surface area contributed by atoms with E-state index in [0.717, 1.165) is 18.8 Å². The summed E-state index contributed by atoms with van der Waals surface area (Å²) in [6.07, 6.45) is 0.883. The van der Waals surface area contributed by atoms with Gasteiger partial charge in [0.2, 0.25) is 5.91 Å². The smallest absolute Gasteiger partial charge is 0.228 e. The second-order valence-electron chi connectivity index (χ2n) is 11.8. The standard InChI is InChI=1S/C23H39N3O2/c1-21(2,3)17-16-10-15(24-19(27)14-12-28-13-14)11-26(16)20(23(7,8)9)25-18(17)22(4,5)6/h14-15,18H,10-13H2,1-9H3,(H,24,27). The maximum absolute atomic E-state index is 12.5. The third kappa shape index (κ3) is 4.00. The van der Waals surface area contributed by atoms with Crippen molar-refractivity contribution in [1.29, 1.82) is 0 Å². The molecule has 1 amide bonds. The number of rotatable bonds is 2. The van der Waals surface area contributed by atoms with E-state index in [1.807, 2.05) is 0 Å². The molecule has 3 aliphatic rings. The molecule has 0 radical (unpaired) electrons. The summed E-state index contributed by atoms with van der Waals surface area (Å²) >= 11 is 0. The third-order valence-electron chi connectivity index (χ3n) is 5.91. The number of aliphatic imine (C=N–C) groups is 1. The highest BCUT2D eigenvalue weighted by Gasteiger charge is 2.47. The van der Waals surface area contributed by atoms with Crippen LogP contribution >= 0.6 is 0 Å². The maximum atomic E-state index is 12.5.